The van der Waals surface area contributed by atoms with Crippen LogP contribution in [0.4, 0.5) is 0 Å². The fourth-order valence-corrected chi connectivity index (χ4v) is 3.32. The van der Waals surface area contributed by atoms with Gasteiger partial charge in [-0.05, 0) is 37.6 Å². The second kappa shape index (κ2) is 8.44. The van der Waals surface area contributed by atoms with Gasteiger partial charge >= 0.3 is 0 Å². The van der Waals surface area contributed by atoms with Gasteiger partial charge < -0.3 is 9.84 Å². The average Bonchev–Trinajstić information content (AvgIpc) is 3.00. The molecule has 2 aromatic rings. The van der Waals surface area contributed by atoms with Crippen molar-refractivity contribution in [1.82, 2.24) is 15.5 Å². The molecule has 0 bridgehead atoms. The average molecular weight is 386 g/mol. The summed E-state index contributed by atoms with van der Waals surface area (Å²) >= 11 is 5.76. The number of rotatable bonds is 8. The monoisotopic (exact) mass is 385 g/mol. The zero-order valence-corrected chi connectivity index (χ0v) is 15.6. The van der Waals surface area contributed by atoms with Crippen LogP contribution >= 0.6 is 11.6 Å². The zero-order valence-electron chi connectivity index (χ0n) is 14.0. The first kappa shape index (κ1) is 19.4. The number of nitrogens with one attached hydrogen (secondary N) is 1. The van der Waals surface area contributed by atoms with Crippen molar-refractivity contribution in [3.05, 3.63) is 41.0 Å². The number of hydrogen-bond donors (Lipinski definition) is 1. The highest BCUT2D eigenvalue weighted by molar-refractivity contribution is 7.90. The molecule has 0 aliphatic heterocycles. The predicted octanol–water partition coefficient (Wildman–Crippen LogP) is 2.54. The summed E-state index contributed by atoms with van der Waals surface area (Å²) in [5.74, 6) is -0.187. The number of aromatic nitrogens is 2. The summed E-state index contributed by atoms with van der Waals surface area (Å²) in [6, 6.07) is 5.98. The van der Waals surface area contributed by atoms with Crippen molar-refractivity contribution in [3.63, 3.8) is 0 Å². The molecule has 7 nitrogen and oxygen atoms in total. The van der Waals surface area contributed by atoms with E-state index in [2.05, 4.69) is 15.5 Å². The number of sulfone groups is 1. The van der Waals surface area contributed by atoms with Gasteiger partial charge in [0, 0.05) is 23.9 Å². The Kier molecular flexibility index (Phi) is 6.55. The van der Waals surface area contributed by atoms with Crippen LogP contribution in [0.5, 0.6) is 0 Å². The van der Waals surface area contributed by atoms with Crippen molar-refractivity contribution in [2.24, 2.45) is 0 Å². The molecule has 1 unspecified atom stereocenters. The molecule has 1 aromatic carbocycles. The SMILES string of the molecule is CCC(C)NC(=O)CCc1nc(CS(=O)(=O)c2ccc(Cl)cc2)no1. The third kappa shape index (κ3) is 5.82. The van der Waals surface area contributed by atoms with Crippen LogP contribution in [0.25, 0.3) is 0 Å². The van der Waals surface area contributed by atoms with E-state index in [0.717, 1.165) is 6.42 Å². The molecule has 1 heterocycles. The van der Waals surface area contributed by atoms with Gasteiger partial charge in [-0.15, -0.1) is 0 Å². The summed E-state index contributed by atoms with van der Waals surface area (Å²) in [7, 11) is -3.59. The summed E-state index contributed by atoms with van der Waals surface area (Å²) in [5.41, 5.74) is 0. The molecule has 0 aliphatic carbocycles. The van der Waals surface area contributed by atoms with Crippen molar-refractivity contribution >= 4 is 27.3 Å². The van der Waals surface area contributed by atoms with Gasteiger partial charge in [0.15, 0.2) is 15.7 Å². The summed E-state index contributed by atoms with van der Waals surface area (Å²) < 4.78 is 29.6. The van der Waals surface area contributed by atoms with Crippen molar-refractivity contribution < 1.29 is 17.7 Å². The van der Waals surface area contributed by atoms with Gasteiger partial charge in [0.05, 0.1) is 4.90 Å². The van der Waals surface area contributed by atoms with E-state index in [9.17, 15) is 13.2 Å². The van der Waals surface area contributed by atoms with Gasteiger partial charge in [0.25, 0.3) is 0 Å². The molecule has 136 valence electrons. The number of halogens is 1. The van der Waals surface area contributed by atoms with Crippen LogP contribution in [0.1, 0.15) is 38.4 Å². The topological polar surface area (TPSA) is 102 Å². The highest BCUT2D eigenvalue weighted by Crippen LogP contribution is 2.18. The Morgan fingerprint density at radius 1 is 1.32 bits per heavy atom. The third-order valence-electron chi connectivity index (χ3n) is 3.59. The maximum atomic E-state index is 12.3. The Labute approximate surface area is 151 Å². The summed E-state index contributed by atoms with van der Waals surface area (Å²) in [4.78, 5) is 15.9. The second-order valence-corrected chi connectivity index (χ2v) is 8.12. The molecule has 0 radical (unpaired) electrons. The molecule has 1 atom stereocenters. The predicted molar refractivity (Wildman–Crippen MR) is 92.9 cm³/mol. The molecule has 9 heteroatoms. The van der Waals surface area contributed by atoms with E-state index in [1.54, 1.807) is 0 Å². The number of benzene rings is 1. The zero-order chi connectivity index (χ0) is 18.4. The third-order valence-corrected chi connectivity index (χ3v) is 5.47. The number of carbonyl (C=O) groups excluding carboxylic acids is 1. The van der Waals surface area contributed by atoms with E-state index in [4.69, 9.17) is 16.1 Å². The van der Waals surface area contributed by atoms with E-state index < -0.39 is 9.84 Å². The molecule has 0 fully saturated rings. The number of nitrogens with zero attached hydrogens (tertiary/aromatic N) is 2. The Morgan fingerprint density at radius 2 is 2.00 bits per heavy atom. The van der Waals surface area contributed by atoms with Gasteiger partial charge in [-0.1, -0.05) is 23.7 Å². The molecule has 0 saturated carbocycles. The minimum atomic E-state index is -3.59. The largest absolute Gasteiger partial charge is 0.354 e. The van der Waals surface area contributed by atoms with Gasteiger partial charge in [0.1, 0.15) is 5.75 Å². The Hall–Kier alpha value is -1.93. The molecule has 1 aromatic heterocycles. The highest BCUT2D eigenvalue weighted by Gasteiger charge is 2.19. The van der Waals surface area contributed by atoms with Crippen molar-refractivity contribution in [2.75, 3.05) is 0 Å². The summed E-state index contributed by atoms with van der Waals surface area (Å²) in [6.45, 7) is 3.90. The highest BCUT2D eigenvalue weighted by atomic mass is 35.5. The van der Waals surface area contributed by atoms with Gasteiger partial charge in [-0.2, -0.15) is 4.98 Å². The van der Waals surface area contributed by atoms with Crippen LogP contribution in [-0.2, 0) is 26.8 Å². The lowest BCUT2D eigenvalue weighted by Gasteiger charge is -2.10. The molecule has 1 N–H and O–H groups in total. The molecule has 0 spiro atoms. The number of hydrogen-bond acceptors (Lipinski definition) is 6. The quantitative estimate of drug-likeness (QED) is 0.749. The number of aryl methyl sites for hydroxylation is 1. The number of carbonyl (C=O) groups is 1. The number of amides is 1. The van der Waals surface area contributed by atoms with Gasteiger partial charge in [-0.25, -0.2) is 8.42 Å². The van der Waals surface area contributed by atoms with Crippen LogP contribution in [-0.4, -0.2) is 30.5 Å². The molecular weight excluding hydrogens is 366 g/mol. The molecule has 0 aliphatic rings. The molecule has 1 amide bonds. The molecular formula is C16H20ClN3O4S. The Balaban J connectivity index is 1.94. The maximum absolute atomic E-state index is 12.3. The summed E-state index contributed by atoms with van der Waals surface area (Å²) in [5, 5.41) is 6.97. The Morgan fingerprint density at radius 3 is 2.64 bits per heavy atom. The van der Waals surface area contributed by atoms with E-state index in [0.29, 0.717) is 5.02 Å². The van der Waals surface area contributed by atoms with Crippen LogP contribution in [0.15, 0.2) is 33.7 Å². The van der Waals surface area contributed by atoms with Gasteiger partial charge in [-0.3, -0.25) is 4.79 Å². The lowest BCUT2D eigenvalue weighted by Crippen LogP contribution is -2.32. The minimum Gasteiger partial charge on any atom is -0.354 e. The second-order valence-electron chi connectivity index (χ2n) is 5.69. The first-order valence-electron chi connectivity index (χ1n) is 7.89. The van der Waals surface area contributed by atoms with E-state index in [1.807, 2.05) is 13.8 Å². The van der Waals surface area contributed by atoms with Crippen molar-refractivity contribution in [1.29, 1.82) is 0 Å². The van der Waals surface area contributed by atoms with Gasteiger partial charge in [0.2, 0.25) is 11.8 Å². The van der Waals surface area contributed by atoms with Crippen molar-refractivity contribution in [3.8, 4) is 0 Å². The van der Waals surface area contributed by atoms with E-state index in [1.165, 1.54) is 24.3 Å². The molecule has 2 rings (SSSR count). The molecule has 0 saturated heterocycles. The van der Waals surface area contributed by atoms with E-state index in [-0.39, 0.29) is 47.2 Å². The minimum absolute atomic E-state index is 0.0623. The lowest BCUT2D eigenvalue weighted by atomic mass is 10.2. The summed E-state index contributed by atoms with van der Waals surface area (Å²) in [6.07, 6.45) is 1.31. The standard InChI is InChI=1S/C16H20ClN3O4S/c1-3-11(2)18-15(21)8-9-16-19-14(20-24-16)10-25(22,23)13-6-4-12(17)5-7-13/h4-7,11H,3,8-10H2,1-2H3,(H,18,21). The first-order chi connectivity index (χ1) is 11.8. The molecule has 25 heavy (non-hydrogen) atoms. The van der Waals surface area contributed by atoms with Crippen LogP contribution < -0.4 is 5.32 Å². The Bertz CT molecular complexity index is 818. The normalized spacial score (nSPS) is 12.8. The van der Waals surface area contributed by atoms with Crippen LogP contribution in [0.2, 0.25) is 5.02 Å². The first-order valence-corrected chi connectivity index (χ1v) is 9.92. The smallest absolute Gasteiger partial charge is 0.227 e. The van der Waals surface area contributed by atoms with Crippen LogP contribution in [0.3, 0.4) is 0 Å². The van der Waals surface area contributed by atoms with Crippen LogP contribution in [0, 0.1) is 0 Å². The fraction of sp³-hybridized carbons (Fsp3) is 0.438. The lowest BCUT2D eigenvalue weighted by molar-refractivity contribution is -0.121. The maximum Gasteiger partial charge on any atom is 0.227 e. The van der Waals surface area contributed by atoms with E-state index >= 15 is 0 Å². The fourth-order valence-electron chi connectivity index (χ4n) is 2.02. The van der Waals surface area contributed by atoms with Crippen molar-refractivity contribution in [2.45, 2.75) is 49.8 Å².